The van der Waals surface area contributed by atoms with E-state index >= 15 is 0 Å². The first-order valence-electron chi connectivity index (χ1n) is 3.11. The summed E-state index contributed by atoms with van der Waals surface area (Å²) in [5.41, 5.74) is 0. The van der Waals surface area contributed by atoms with Crippen LogP contribution < -0.4 is 34.3 Å². The Balaban J connectivity index is 0.00000121. The summed E-state index contributed by atoms with van der Waals surface area (Å²) in [7, 11) is 0. The maximum absolute atomic E-state index is 5.77. The summed E-state index contributed by atoms with van der Waals surface area (Å²) in [6, 6.07) is 5.07. The van der Waals surface area contributed by atoms with E-state index in [0.29, 0.717) is 22.4 Å². The fraction of sp³-hybridized carbons (Fsp3) is 0.125. The van der Waals surface area contributed by atoms with E-state index in [2.05, 4.69) is 6.92 Å². The van der Waals surface area contributed by atoms with E-state index < -0.39 is 0 Å². The molecular formula is C8H7Cl2NaO. The number of ether oxygens (including phenoxy) is 1. The molecule has 1 nitrogen and oxygen atoms in total. The Morgan fingerprint density at radius 2 is 2.00 bits per heavy atom. The van der Waals surface area contributed by atoms with Crippen LogP contribution in [-0.2, 0) is 0 Å². The Kier molecular flexibility index (Phi) is 6.42. The normalized spacial score (nSPS) is 8.92. The van der Waals surface area contributed by atoms with E-state index in [0.717, 1.165) is 0 Å². The van der Waals surface area contributed by atoms with Crippen molar-refractivity contribution in [2.75, 3.05) is 6.61 Å². The molecule has 0 spiro atoms. The third-order valence-corrected chi connectivity index (χ3v) is 1.68. The Bertz CT molecular complexity index is 253. The number of halogens is 2. The van der Waals surface area contributed by atoms with Gasteiger partial charge in [0.25, 0.3) is 0 Å². The third kappa shape index (κ3) is 3.55. The van der Waals surface area contributed by atoms with Crippen molar-refractivity contribution < 1.29 is 34.3 Å². The van der Waals surface area contributed by atoms with Crippen molar-refractivity contribution in [1.82, 2.24) is 0 Å². The molecule has 60 valence electrons. The molecule has 1 rings (SSSR count). The van der Waals surface area contributed by atoms with Crippen LogP contribution in [0.4, 0.5) is 0 Å². The minimum atomic E-state index is 0. The van der Waals surface area contributed by atoms with Gasteiger partial charge in [0.05, 0.1) is 5.02 Å². The van der Waals surface area contributed by atoms with Gasteiger partial charge in [-0.05, 0) is 24.8 Å². The first kappa shape index (κ1) is 12.6. The molecule has 0 aliphatic rings. The molecule has 12 heavy (non-hydrogen) atoms. The van der Waals surface area contributed by atoms with Crippen LogP contribution >= 0.6 is 23.2 Å². The summed E-state index contributed by atoms with van der Waals surface area (Å²) < 4.78 is 5.09. The second-order valence-electron chi connectivity index (χ2n) is 1.92. The molecule has 4 heteroatoms. The van der Waals surface area contributed by atoms with Crippen molar-refractivity contribution in [1.29, 1.82) is 0 Å². The van der Waals surface area contributed by atoms with Gasteiger partial charge in [-0.25, -0.2) is 0 Å². The fourth-order valence-corrected chi connectivity index (χ4v) is 1.17. The van der Waals surface area contributed by atoms with Gasteiger partial charge in [-0.1, -0.05) is 23.2 Å². The van der Waals surface area contributed by atoms with E-state index in [1.807, 2.05) is 0 Å². The van der Waals surface area contributed by atoms with Gasteiger partial charge in [-0.3, -0.25) is 0 Å². The summed E-state index contributed by atoms with van der Waals surface area (Å²) >= 11 is 11.4. The number of hydrogen-bond donors (Lipinski definition) is 0. The molecule has 0 N–H and O–H groups in total. The van der Waals surface area contributed by atoms with Gasteiger partial charge in [0.1, 0.15) is 5.75 Å². The summed E-state index contributed by atoms with van der Waals surface area (Å²) in [4.78, 5) is 0. The molecule has 0 bridgehead atoms. The Morgan fingerprint density at radius 1 is 1.33 bits per heavy atom. The topological polar surface area (TPSA) is 9.23 Å². The molecular weight excluding hydrogens is 206 g/mol. The van der Waals surface area contributed by atoms with E-state index in [-0.39, 0.29) is 29.6 Å². The van der Waals surface area contributed by atoms with Gasteiger partial charge in [0, 0.05) is 5.02 Å². The Labute approximate surface area is 104 Å². The molecule has 0 saturated carbocycles. The van der Waals surface area contributed by atoms with Crippen LogP contribution in [0.15, 0.2) is 18.2 Å². The van der Waals surface area contributed by atoms with E-state index in [9.17, 15) is 0 Å². The van der Waals surface area contributed by atoms with E-state index in [1.54, 1.807) is 18.2 Å². The van der Waals surface area contributed by atoms with Crippen molar-refractivity contribution in [3.63, 3.8) is 0 Å². The van der Waals surface area contributed by atoms with Gasteiger partial charge in [-0.2, -0.15) is 0 Å². The average Bonchev–Trinajstić information content (AvgIpc) is 1.95. The second-order valence-corrected chi connectivity index (χ2v) is 2.77. The summed E-state index contributed by atoms with van der Waals surface area (Å²) in [6.07, 6.45) is 0. The molecule has 0 atom stereocenters. The molecule has 0 amide bonds. The summed E-state index contributed by atoms with van der Waals surface area (Å²) in [5.74, 6) is 0.617. The Hall–Kier alpha value is 0.600. The maximum Gasteiger partial charge on any atom is 1.00 e. The maximum atomic E-state index is 5.77. The first-order valence-corrected chi connectivity index (χ1v) is 3.86. The minimum Gasteiger partial charge on any atom is -0.524 e. The molecule has 0 aliphatic carbocycles. The zero-order valence-corrected chi connectivity index (χ0v) is 10.3. The SMILES string of the molecule is [CH2-]COc1ccc(Cl)cc1Cl.[Na+]. The number of hydrogen-bond acceptors (Lipinski definition) is 1. The van der Waals surface area contributed by atoms with Crippen molar-refractivity contribution in [3.8, 4) is 5.75 Å². The van der Waals surface area contributed by atoms with Crippen LogP contribution in [0.1, 0.15) is 0 Å². The monoisotopic (exact) mass is 212 g/mol. The quantitative estimate of drug-likeness (QED) is 0.504. The van der Waals surface area contributed by atoms with Crippen LogP contribution in [0.5, 0.6) is 5.75 Å². The smallest absolute Gasteiger partial charge is 0.524 e. The molecule has 1 aromatic carbocycles. The van der Waals surface area contributed by atoms with Crippen LogP contribution in [-0.4, -0.2) is 6.61 Å². The molecule has 0 aliphatic heterocycles. The molecule has 0 heterocycles. The fourth-order valence-electron chi connectivity index (χ4n) is 0.702. The van der Waals surface area contributed by atoms with Crippen molar-refractivity contribution in [2.45, 2.75) is 0 Å². The molecule has 0 fully saturated rings. The van der Waals surface area contributed by atoms with Crippen LogP contribution in [0.2, 0.25) is 10.0 Å². The van der Waals surface area contributed by atoms with E-state index in [1.165, 1.54) is 0 Å². The van der Waals surface area contributed by atoms with Crippen LogP contribution in [0, 0.1) is 6.92 Å². The second kappa shape index (κ2) is 6.11. The minimum absolute atomic E-state index is 0. The predicted octanol–water partition coefficient (Wildman–Crippen LogP) is 0.210. The molecule has 0 radical (unpaired) electrons. The molecule has 0 aromatic heterocycles. The van der Waals surface area contributed by atoms with Gasteiger partial charge < -0.3 is 11.7 Å². The van der Waals surface area contributed by atoms with Gasteiger partial charge in [-0.15, -0.1) is 0 Å². The van der Waals surface area contributed by atoms with Crippen molar-refractivity contribution >= 4 is 23.2 Å². The standard InChI is InChI=1S/C8H7Cl2O.Na/c1-2-11-8-4-3-6(9)5-7(8)10;/h3-5H,1-2H2;/q-1;+1. The zero-order chi connectivity index (χ0) is 8.27. The van der Waals surface area contributed by atoms with Crippen LogP contribution in [0.3, 0.4) is 0 Å². The molecule has 0 unspecified atom stereocenters. The van der Waals surface area contributed by atoms with Crippen LogP contribution in [0.25, 0.3) is 0 Å². The van der Waals surface area contributed by atoms with Crippen molar-refractivity contribution in [3.05, 3.63) is 35.2 Å². The Morgan fingerprint density at radius 3 is 2.50 bits per heavy atom. The predicted molar refractivity (Wildman–Crippen MR) is 47.3 cm³/mol. The third-order valence-electron chi connectivity index (χ3n) is 1.15. The first-order chi connectivity index (χ1) is 5.24. The molecule has 1 aromatic rings. The number of rotatable bonds is 2. The van der Waals surface area contributed by atoms with Gasteiger partial charge >= 0.3 is 29.6 Å². The zero-order valence-electron chi connectivity index (χ0n) is 6.81. The molecule has 0 saturated heterocycles. The van der Waals surface area contributed by atoms with Gasteiger partial charge in [0.2, 0.25) is 0 Å². The van der Waals surface area contributed by atoms with E-state index in [4.69, 9.17) is 27.9 Å². The largest absolute Gasteiger partial charge is 1.00 e. The average molecular weight is 213 g/mol. The summed E-state index contributed by atoms with van der Waals surface area (Å²) in [6.45, 7) is 3.89. The van der Waals surface area contributed by atoms with Crippen molar-refractivity contribution in [2.24, 2.45) is 0 Å². The summed E-state index contributed by atoms with van der Waals surface area (Å²) in [5, 5.41) is 1.12. The number of benzene rings is 1. The van der Waals surface area contributed by atoms with Gasteiger partial charge in [0.15, 0.2) is 0 Å².